The summed E-state index contributed by atoms with van der Waals surface area (Å²) in [4.78, 5) is 10.8. The Morgan fingerprint density at radius 3 is 2.36 bits per heavy atom. The summed E-state index contributed by atoms with van der Waals surface area (Å²) < 4.78 is 0. The molecule has 1 unspecified atom stereocenters. The molecule has 2 aromatic carbocycles. The lowest BCUT2D eigenvalue weighted by Gasteiger charge is -2.00. The normalized spacial score (nSPS) is 9.43. The zero-order chi connectivity index (χ0) is 9.26. The van der Waals surface area contributed by atoms with Crippen molar-refractivity contribution in [3.05, 3.63) is 48.0 Å². The number of hydrogen-bond acceptors (Lipinski definition) is 1. The number of carbonyl (C=O) groups is 1. The molecule has 2 aromatic rings. The molecule has 0 saturated heterocycles. The summed E-state index contributed by atoms with van der Waals surface area (Å²) >= 11 is 0. The molecular formula is C11H11O2P. The first-order valence-corrected chi connectivity index (χ1v) is 4.00. The maximum atomic E-state index is 10.8. The highest BCUT2D eigenvalue weighted by atomic mass is 31.0. The average molecular weight is 206 g/mol. The van der Waals surface area contributed by atoms with Crippen molar-refractivity contribution in [2.45, 2.75) is 0 Å². The van der Waals surface area contributed by atoms with Gasteiger partial charge in [-0.05, 0) is 16.8 Å². The fraction of sp³-hybridized carbons (Fsp3) is 0. The van der Waals surface area contributed by atoms with Crippen molar-refractivity contribution in [3.63, 3.8) is 0 Å². The van der Waals surface area contributed by atoms with Gasteiger partial charge in [0.2, 0.25) is 0 Å². The average Bonchev–Trinajstić information content (AvgIpc) is 2.17. The highest BCUT2D eigenvalue weighted by molar-refractivity contribution is 6.92. The number of hydrogen-bond donors (Lipinski definition) is 1. The van der Waals surface area contributed by atoms with Crippen molar-refractivity contribution < 1.29 is 9.90 Å². The Labute approximate surface area is 85.2 Å². The molecule has 0 amide bonds. The first kappa shape index (κ1) is 10.7. The van der Waals surface area contributed by atoms with Crippen LogP contribution in [0.25, 0.3) is 10.8 Å². The summed E-state index contributed by atoms with van der Waals surface area (Å²) in [6.45, 7) is 0. The van der Waals surface area contributed by atoms with Gasteiger partial charge in [-0.15, -0.1) is 0 Å². The van der Waals surface area contributed by atoms with Gasteiger partial charge in [-0.1, -0.05) is 36.4 Å². The van der Waals surface area contributed by atoms with Gasteiger partial charge in [-0.25, -0.2) is 4.79 Å². The molecule has 0 fully saturated rings. The van der Waals surface area contributed by atoms with Gasteiger partial charge in [0.25, 0.3) is 0 Å². The van der Waals surface area contributed by atoms with E-state index < -0.39 is 5.97 Å². The summed E-state index contributed by atoms with van der Waals surface area (Å²) in [6, 6.07) is 12.7. The van der Waals surface area contributed by atoms with E-state index in [4.69, 9.17) is 5.11 Å². The molecular weight excluding hydrogens is 195 g/mol. The van der Waals surface area contributed by atoms with Crippen LogP contribution in [0, 0.1) is 0 Å². The Balaban J connectivity index is 0.000000980. The number of carboxylic acid groups (broad SMARTS) is 1. The number of benzene rings is 2. The third-order valence-electron chi connectivity index (χ3n) is 2.02. The molecule has 0 heterocycles. The minimum atomic E-state index is -0.878. The second kappa shape index (κ2) is 4.21. The van der Waals surface area contributed by atoms with E-state index in [2.05, 4.69) is 0 Å². The van der Waals surface area contributed by atoms with Crippen molar-refractivity contribution in [3.8, 4) is 0 Å². The second-order valence-corrected chi connectivity index (χ2v) is 2.83. The highest BCUT2D eigenvalue weighted by Crippen LogP contribution is 2.17. The largest absolute Gasteiger partial charge is 0.478 e. The van der Waals surface area contributed by atoms with Gasteiger partial charge < -0.3 is 5.11 Å². The summed E-state index contributed by atoms with van der Waals surface area (Å²) in [5.74, 6) is -0.878. The van der Waals surface area contributed by atoms with Crippen LogP contribution in [0.2, 0.25) is 0 Å². The van der Waals surface area contributed by atoms with Gasteiger partial charge in [-0.3, -0.25) is 0 Å². The molecule has 1 N–H and O–H groups in total. The molecule has 0 bridgehead atoms. The van der Waals surface area contributed by atoms with E-state index in [9.17, 15) is 4.79 Å². The van der Waals surface area contributed by atoms with Crippen molar-refractivity contribution in [1.29, 1.82) is 0 Å². The standard InChI is InChI=1S/C11H8O2.H3P/c12-11(13)10-7-3-5-8-4-1-2-6-9(8)10;/h1-7H,(H,12,13);1H3. The topological polar surface area (TPSA) is 37.3 Å². The first-order valence-electron chi connectivity index (χ1n) is 4.00. The fourth-order valence-electron chi connectivity index (χ4n) is 1.41. The lowest BCUT2D eigenvalue weighted by Crippen LogP contribution is -1.96. The van der Waals surface area contributed by atoms with Gasteiger partial charge in [0, 0.05) is 0 Å². The van der Waals surface area contributed by atoms with Crippen LogP contribution in [0.1, 0.15) is 10.4 Å². The summed E-state index contributed by atoms with van der Waals surface area (Å²) in [7, 11) is 0. The number of rotatable bonds is 1. The lowest BCUT2D eigenvalue weighted by atomic mass is 10.1. The third kappa shape index (κ3) is 1.75. The van der Waals surface area contributed by atoms with Crippen LogP contribution < -0.4 is 0 Å². The molecule has 0 radical (unpaired) electrons. The van der Waals surface area contributed by atoms with E-state index in [1.165, 1.54) is 0 Å². The minimum absolute atomic E-state index is 0. The van der Waals surface area contributed by atoms with E-state index >= 15 is 0 Å². The Kier molecular flexibility index (Phi) is 3.21. The van der Waals surface area contributed by atoms with Gasteiger partial charge in [0.15, 0.2) is 0 Å². The molecule has 3 heteroatoms. The molecule has 72 valence electrons. The van der Waals surface area contributed by atoms with Crippen LogP contribution in [0.5, 0.6) is 0 Å². The van der Waals surface area contributed by atoms with Crippen LogP contribution in [0.15, 0.2) is 42.5 Å². The summed E-state index contributed by atoms with van der Waals surface area (Å²) in [5.41, 5.74) is 0.359. The first-order chi connectivity index (χ1) is 6.29. The maximum absolute atomic E-state index is 10.8. The zero-order valence-corrected chi connectivity index (χ0v) is 9.02. The van der Waals surface area contributed by atoms with Crippen LogP contribution in [0.4, 0.5) is 0 Å². The Morgan fingerprint density at radius 1 is 1.00 bits per heavy atom. The van der Waals surface area contributed by atoms with Crippen molar-refractivity contribution in [2.24, 2.45) is 0 Å². The fourth-order valence-corrected chi connectivity index (χ4v) is 1.41. The van der Waals surface area contributed by atoms with E-state index in [-0.39, 0.29) is 9.90 Å². The minimum Gasteiger partial charge on any atom is -0.478 e. The highest BCUT2D eigenvalue weighted by Gasteiger charge is 2.05. The number of fused-ring (bicyclic) bond motifs is 1. The quantitative estimate of drug-likeness (QED) is 0.728. The lowest BCUT2D eigenvalue weighted by molar-refractivity contribution is 0.0699. The Bertz CT molecular complexity index is 460. The predicted molar refractivity (Wildman–Crippen MR) is 62.0 cm³/mol. The zero-order valence-electron chi connectivity index (χ0n) is 7.60. The molecule has 14 heavy (non-hydrogen) atoms. The molecule has 2 nitrogen and oxygen atoms in total. The van der Waals surface area contributed by atoms with E-state index in [0.717, 1.165) is 10.8 Å². The van der Waals surface area contributed by atoms with Crippen LogP contribution in [-0.2, 0) is 0 Å². The van der Waals surface area contributed by atoms with E-state index in [0.29, 0.717) is 5.56 Å². The van der Waals surface area contributed by atoms with E-state index in [1.54, 1.807) is 12.1 Å². The van der Waals surface area contributed by atoms with Crippen LogP contribution in [-0.4, -0.2) is 11.1 Å². The van der Waals surface area contributed by atoms with Gasteiger partial charge in [0.1, 0.15) is 0 Å². The van der Waals surface area contributed by atoms with Gasteiger partial charge >= 0.3 is 5.97 Å². The molecule has 0 aromatic heterocycles. The number of aromatic carboxylic acids is 1. The SMILES string of the molecule is O=C(O)c1cccc2ccccc12.P. The third-order valence-corrected chi connectivity index (χ3v) is 2.02. The van der Waals surface area contributed by atoms with Crippen LogP contribution in [0.3, 0.4) is 0 Å². The molecule has 0 saturated carbocycles. The molecule has 0 spiro atoms. The predicted octanol–water partition coefficient (Wildman–Crippen LogP) is 2.60. The van der Waals surface area contributed by atoms with Gasteiger partial charge in [-0.2, -0.15) is 9.90 Å². The van der Waals surface area contributed by atoms with Crippen LogP contribution >= 0.6 is 9.90 Å². The van der Waals surface area contributed by atoms with Crippen molar-refractivity contribution in [1.82, 2.24) is 0 Å². The van der Waals surface area contributed by atoms with E-state index in [1.807, 2.05) is 30.3 Å². The summed E-state index contributed by atoms with van der Waals surface area (Å²) in [6.07, 6.45) is 0. The Morgan fingerprint density at radius 2 is 1.64 bits per heavy atom. The van der Waals surface area contributed by atoms with Gasteiger partial charge in [0.05, 0.1) is 5.56 Å². The number of carboxylic acids is 1. The maximum Gasteiger partial charge on any atom is 0.336 e. The Hall–Kier alpha value is -1.40. The molecule has 0 aliphatic carbocycles. The monoisotopic (exact) mass is 206 g/mol. The van der Waals surface area contributed by atoms with Crippen molar-refractivity contribution >= 4 is 26.6 Å². The molecule has 0 aliphatic rings. The molecule has 2 rings (SSSR count). The molecule has 0 aliphatic heterocycles. The second-order valence-electron chi connectivity index (χ2n) is 2.83. The molecule has 1 atom stereocenters. The van der Waals surface area contributed by atoms with Crippen molar-refractivity contribution in [2.75, 3.05) is 0 Å². The smallest absolute Gasteiger partial charge is 0.336 e. The summed E-state index contributed by atoms with van der Waals surface area (Å²) in [5, 5.41) is 10.6.